The lowest BCUT2D eigenvalue weighted by Gasteiger charge is -2.13. The van der Waals surface area contributed by atoms with Crippen LogP contribution in [0.25, 0.3) is 10.8 Å². The highest BCUT2D eigenvalue weighted by Crippen LogP contribution is 2.21. The Morgan fingerprint density at radius 1 is 1.25 bits per heavy atom. The van der Waals surface area contributed by atoms with Crippen LogP contribution in [0.1, 0.15) is 30.1 Å². The fourth-order valence-electron chi connectivity index (χ4n) is 2.25. The molecule has 0 aromatic heterocycles. The SMILES string of the molecule is CCCC(N)CNC(=O)c1ccc(F)c2ccccc12. The lowest BCUT2D eigenvalue weighted by Crippen LogP contribution is -2.37. The van der Waals surface area contributed by atoms with Crippen molar-refractivity contribution in [3.63, 3.8) is 0 Å². The van der Waals surface area contributed by atoms with Gasteiger partial charge >= 0.3 is 0 Å². The molecule has 1 amide bonds. The van der Waals surface area contributed by atoms with Crippen molar-refractivity contribution in [2.45, 2.75) is 25.8 Å². The van der Waals surface area contributed by atoms with Gasteiger partial charge in [0.25, 0.3) is 5.91 Å². The maximum atomic E-state index is 13.7. The molecular weight excluding hydrogens is 255 g/mol. The van der Waals surface area contributed by atoms with E-state index in [0.717, 1.165) is 12.8 Å². The molecule has 20 heavy (non-hydrogen) atoms. The molecule has 2 rings (SSSR count). The summed E-state index contributed by atoms with van der Waals surface area (Å²) in [5.74, 6) is -0.535. The van der Waals surface area contributed by atoms with Crippen LogP contribution in [0, 0.1) is 5.82 Å². The molecule has 0 heterocycles. The van der Waals surface area contributed by atoms with Crippen molar-refractivity contribution in [3.05, 3.63) is 47.8 Å². The highest BCUT2D eigenvalue weighted by Gasteiger charge is 2.12. The Kier molecular flexibility index (Phi) is 4.69. The molecule has 106 valence electrons. The van der Waals surface area contributed by atoms with Crippen LogP contribution in [0.15, 0.2) is 36.4 Å². The number of benzene rings is 2. The Labute approximate surface area is 118 Å². The molecule has 0 aliphatic heterocycles. The van der Waals surface area contributed by atoms with Gasteiger partial charge in [0.05, 0.1) is 0 Å². The van der Waals surface area contributed by atoms with Crippen molar-refractivity contribution < 1.29 is 9.18 Å². The van der Waals surface area contributed by atoms with Gasteiger partial charge in [-0.15, -0.1) is 0 Å². The summed E-state index contributed by atoms with van der Waals surface area (Å²) >= 11 is 0. The molecular formula is C16H19FN2O. The molecule has 4 heteroatoms. The van der Waals surface area contributed by atoms with Gasteiger partial charge in [0.2, 0.25) is 0 Å². The summed E-state index contributed by atoms with van der Waals surface area (Å²) < 4.78 is 13.7. The topological polar surface area (TPSA) is 55.1 Å². The van der Waals surface area contributed by atoms with Crippen LogP contribution >= 0.6 is 0 Å². The molecule has 0 aliphatic rings. The summed E-state index contributed by atoms with van der Waals surface area (Å²) in [6.07, 6.45) is 1.85. The molecule has 0 saturated heterocycles. The minimum atomic E-state index is -0.320. The lowest BCUT2D eigenvalue weighted by molar-refractivity contribution is 0.0952. The van der Waals surface area contributed by atoms with Crippen LogP contribution in [0.5, 0.6) is 0 Å². The van der Waals surface area contributed by atoms with E-state index in [1.165, 1.54) is 12.1 Å². The second kappa shape index (κ2) is 6.48. The number of hydrogen-bond donors (Lipinski definition) is 2. The average molecular weight is 274 g/mol. The van der Waals surface area contributed by atoms with Crippen LogP contribution in [0.2, 0.25) is 0 Å². The maximum absolute atomic E-state index is 13.7. The van der Waals surface area contributed by atoms with Gasteiger partial charge in [-0.1, -0.05) is 37.6 Å². The molecule has 1 unspecified atom stereocenters. The van der Waals surface area contributed by atoms with Crippen molar-refractivity contribution in [2.24, 2.45) is 5.73 Å². The van der Waals surface area contributed by atoms with Crippen LogP contribution in [-0.2, 0) is 0 Å². The zero-order valence-electron chi connectivity index (χ0n) is 11.5. The summed E-state index contributed by atoms with van der Waals surface area (Å²) in [5, 5.41) is 3.88. The van der Waals surface area contributed by atoms with E-state index in [0.29, 0.717) is 22.9 Å². The summed E-state index contributed by atoms with van der Waals surface area (Å²) in [4.78, 5) is 12.2. The molecule has 3 N–H and O–H groups in total. The van der Waals surface area contributed by atoms with Gasteiger partial charge in [-0.2, -0.15) is 0 Å². The predicted octanol–water partition coefficient (Wildman–Crippen LogP) is 2.84. The highest BCUT2D eigenvalue weighted by molar-refractivity contribution is 6.07. The fraction of sp³-hybridized carbons (Fsp3) is 0.312. The number of carbonyl (C=O) groups excluding carboxylic acids is 1. The van der Waals surface area contributed by atoms with E-state index in [-0.39, 0.29) is 17.8 Å². The quantitative estimate of drug-likeness (QED) is 0.881. The molecule has 3 nitrogen and oxygen atoms in total. The van der Waals surface area contributed by atoms with Gasteiger partial charge in [-0.05, 0) is 23.9 Å². The van der Waals surface area contributed by atoms with E-state index in [2.05, 4.69) is 12.2 Å². The van der Waals surface area contributed by atoms with Crippen LogP contribution in [-0.4, -0.2) is 18.5 Å². The molecule has 0 fully saturated rings. The van der Waals surface area contributed by atoms with E-state index in [4.69, 9.17) is 5.73 Å². The Balaban J connectivity index is 2.20. The number of nitrogens with one attached hydrogen (secondary N) is 1. The number of halogens is 1. The van der Waals surface area contributed by atoms with E-state index in [1.807, 2.05) is 0 Å². The number of rotatable bonds is 5. The van der Waals surface area contributed by atoms with Gasteiger partial charge in [-0.25, -0.2) is 4.39 Å². The first-order valence-electron chi connectivity index (χ1n) is 6.84. The van der Waals surface area contributed by atoms with Gasteiger partial charge in [-0.3, -0.25) is 4.79 Å². The third-order valence-electron chi connectivity index (χ3n) is 3.30. The van der Waals surface area contributed by atoms with Crippen molar-refractivity contribution in [1.82, 2.24) is 5.32 Å². The Morgan fingerprint density at radius 3 is 2.65 bits per heavy atom. The average Bonchev–Trinajstić information content (AvgIpc) is 2.46. The van der Waals surface area contributed by atoms with E-state index >= 15 is 0 Å². The Bertz CT molecular complexity index is 612. The molecule has 1 atom stereocenters. The molecule has 0 saturated carbocycles. The number of hydrogen-bond acceptors (Lipinski definition) is 2. The molecule has 0 spiro atoms. The lowest BCUT2D eigenvalue weighted by atomic mass is 10.0. The molecule has 2 aromatic rings. The molecule has 2 aromatic carbocycles. The van der Waals surface area contributed by atoms with E-state index in [9.17, 15) is 9.18 Å². The smallest absolute Gasteiger partial charge is 0.251 e. The normalized spacial score (nSPS) is 12.3. The number of fused-ring (bicyclic) bond motifs is 1. The van der Waals surface area contributed by atoms with Crippen molar-refractivity contribution >= 4 is 16.7 Å². The van der Waals surface area contributed by atoms with Gasteiger partial charge in [0, 0.05) is 23.5 Å². The van der Waals surface area contributed by atoms with Gasteiger partial charge in [0.15, 0.2) is 0 Å². The second-order valence-corrected chi connectivity index (χ2v) is 4.90. The van der Waals surface area contributed by atoms with E-state index < -0.39 is 0 Å². The summed E-state index contributed by atoms with van der Waals surface area (Å²) in [6, 6.07) is 9.76. The Morgan fingerprint density at radius 2 is 1.95 bits per heavy atom. The van der Waals surface area contributed by atoms with Gasteiger partial charge < -0.3 is 11.1 Å². The summed E-state index contributed by atoms with van der Waals surface area (Å²) in [7, 11) is 0. The van der Waals surface area contributed by atoms with Crippen LogP contribution < -0.4 is 11.1 Å². The number of nitrogens with two attached hydrogens (primary N) is 1. The maximum Gasteiger partial charge on any atom is 0.251 e. The second-order valence-electron chi connectivity index (χ2n) is 4.90. The first-order chi connectivity index (χ1) is 9.63. The van der Waals surface area contributed by atoms with Gasteiger partial charge in [0.1, 0.15) is 5.82 Å². The predicted molar refractivity (Wildman–Crippen MR) is 79.1 cm³/mol. The third-order valence-corrected chi connectivity index (χ3v) is 3.30. The first kappa shape index (κ1) is 14.5. The molecule has 0 radical (unpaired) electrons. The molecule has 0 bridgehead atoms. The standard InChI is InChI=1S/C16H19FN2O/c1-2-5-11(18)10-19-16(20)14-8-9-15(17)13-7-4-3-6-12(13)14/h3-4,6-9,11H,2,5,10,18H2,1H3,(H,19,20). The summed E-state index contributed by atoms with van der Waals surface area (Å²) in [6.45, 7) is 2.48. The van der Waals surface area contributed by atoms with Crippen LogP contribution in [0.4, 0.5) is 4.39 Å². The number of amides is 1. The molecule has 0 aliphatic carbocycles. The Hall–Kier alpha value is -1.94. The van der Waals surface area contributed by atoms with Crippen LogP contribution in [0.3, 0.4) is 0 Å². The first-order valence-corrected chi connectivity index (χ1v) is 6.84. The highest BCUT2D eigenvalue weighted by atomic mass is 19.1. The monoisotopic (exact) mass is 274 g/mol. The minimum Gasteiger partial charge on any atom is -0.350 e. The van der Waals surface area contributed by atoms with Crippen molar-refractivity contribution in [3.8, 4) is 0 Å². The summed E-state index contributed by atoms with van der Waals surface area (Å²) in [5.41, 5.74) is 6.35. The fourth-order valence-corrected chi connectivity index (χ4v) is 2.25. The zero-order valence-corrected chi connectivity index (χ0v) is 11.5. The third kappa shape index (κ3) is 3.14. The van der Waals surface area contributed by atoms with Crippen molar-refractivity contribution in [2.75, 3.05) is 6.54 Å². The largest absolute Gasteiger partial charge is 0.350 e. The minimum absolute atomic E-state index is 0.0457. The van der Waals surface area contributed by atoms with E-state index in [1.54, 1.807) is 24.3 Å². The zero-order chi connectivity index (χ0) is 14.5. The number of carbonyl (C=O) groups is 1. The van der Waals surface area contributed by atoms with Crippen molar-refractivity contribution in [1.29, 1.82) is 0 Å².